The summed E-state index contributed by atoms with van der Waals surface area (Å²) in [6.07, 6.45) is 1.37. The van der Waals surface area contributed by atoms with Crippen LogP contribution in [-0.2, 0) is 33.3 Å². The smallest absolute Gasteiger partial charge is 0.303 e. The second-order valence-electron chi connectivity index (χ2n) is 8.28. The van der Waals surface area contributed by atoms with Gasteiger partial charge < -0.3 is 24.3 Å². The van der Waals surface area contributed by atoms with Crippen molar-refractivity contribution in [2.24, 2.45) is 0 Å². The molecule has 2 aliphatic rings. The molecule has 0 spiro atoms. The van der Waals surface area contributed by atoms with Crippen LogP contribution < -0.4 is 5.32 Å². The first-order chi connectivity index (χ1) is 16.2. The van der Waals surface area contributed by atoms with Gasteiger partial charge in [0.25, 0.3) is 0 Å². The Bertz CT molecular complexity index is 1090. The van der Waals surface area contributed by atoms with Crippen LogP contribution in [0.25, 0.3) is 11.2 Å². The molecule has 4 rings (SSSR count). The lowest BCUT2D eigenvalue weighted by molar-refractivity contribution is -0.166. The molecule has 13 heteroatoms. The molecule has 0 bridgehead atoms. The van der Waals surface area contributed by atoms with Gasteiger partial charge in [-0.2, -0.15) is 0 Å². The highest BCUT2D eigenvalue weighted by Gasteiger charge is 2.51. The van der Waals surface area contributed by atoms with E-state index < -0.39 is 42.4 Å². The summed E-state index contributed by atoms with van der Waals surface area (Å²) in [5.41, 5.74) is 0.680. The van der Waals surface area contributed by atoms with Crippen LogP contribution in [0.15, 0.2) is 6.33 Å². The van der Waals surface area contributed by atoms with E-state index in [0.29, 0.717) is 17.1 Å². The minimum Gasteiger partial charge on any atom is -0.463 e. The Hall–Kier alpha value is -2.99. The van der Waals surface area contributed by atoms with Crippen molar-refractivity contribution in [3.05, 3.63) is 11.5 Å². The highest BCUT2D eigenvalue weighted by atomic mass is 35.5. The Labute approximate surface area is 200 Å². The van der Waals surface area contributed by atoms with E-state index in [0.717, 1.165) is 25.7 Å². The van der Waals surface area contributed by atoms with Gasteiger partial charge in [0.1, 0.15) is 24.6 Å². The summed E-state index contributed by atoms with van der Waals surface area (Å²) in [6, 6.07) is 0.178. The lowest BCUT2D eigenvalue weighted by Gasteiger charge is -2.25. The molecular weight excluding hydrogens is 470 g/mol. The number of hydrogen-bond acceptors (Lipinski definition) is 11. The van der Waals surface area contributed by atoms with Gasteiger partial charge in [0.15, 0.2) is 29.2 Å². The summed E-state index contributed by atoms with van der Waals surface area (Å²) in [4.78, 5) is 48.2. The molecule has 2 fully saturated rings. The number of imidazole rings is 1. The monoisotopic (exact) mass is 495 g/mol. The van der Waals surface area contributed by atoms with Gasteiger partial charge in [-0.15, -0.1) is 0 Å². The first kappa shape index (κ1) is 24.1. The molecule has 1 saturated heterocycles. The molecule has 1 aliphatic carbocycles. The fraction of sp³-hybridized carbons (Fsp3) is 0.619. The lowest BCUT2D eigenvalue weighted by atomic mass is 10.1. The van der Waals surface area contributed by atoms with E-state index in [1.165, 1.54) is 27.1 Å². The molecule has 2 aromatic heterocycles. The number of anilines is 1. The fourth-order valence-electron chi connectivity index (χ4n) is 4.38. The summed E-state index contributed by atoms with van der Waals surface area (Å²) in [5, 5.41) is 3.56. The van der Waals surface area contributed by atoms with Crippen LogP contribution >= 0.6 is 11.6 Å². The van der Waals surface area contributed by atoms with E-state index in [1.807, 2.05) is 0 Å². The molecule has 4 atom stereocenters. The summed E-state index contributed by atoms with van der Waals surface area (Å²) in [6.45, 7) is 3.51. The van der Waals surface area contributed by atoms with Crippen molar-refractivity contribution in [1.29, 1.82) is 0 Å². The predicted molar refractivity (Wildman–Crippen MR) is 118 cm³/mol. The standard InChI is InChI=1S/C21H26ClN5O7/c1-10(28)31-8-14-16(32-11(2)29)17(33-12(3)30)20(34-14)27-19-15(18(22)23-9-24-19)26-21(27)25-13-6-4-5-7-13/h9,13-14,16-17,20H,4-8H2,1-3H3,(H,25,26)/t14-,16-,17-,20-/m1/s1. The molecule has 0 radical (unpaired) electrons. The maximum Gasteiger partial charge on any atom is 0.303 e. The maximum atomic E-state index is 12.0. The number of carbonyl (C=O) groups excluding carboxylic acids is 3. The van der Waals surface area contributed by atoms with Gasteiger partial charge in [-0.25, -0.2) is 15.0 Å². The van der Waals surface area contributed by atoms with E-state index in [4.69, 9.17) is 30.5 Å². The van der Waals surface area contributed by atoms with E-state index in [1.54, 1.807) is 4.57 Å². The minimum absolute atomic E-state index is 0.147. The molecule has 0 amide bonds. The topological polar surface area (TPSA) is 144 Å². The van der Waals surface area contributed by atoms with Crippen LogP contribution in [0.2, 0.25) is 5.15 Å². The van der Waals surface area contributed by atoms with Gasteiger partial charge in [-0.3, -0.25) is 19.0 Å². The van der Waals surface area contributed by atoms with Gasteiger partial charge in [0.2, 0.25) is 5.95 Å². The van der Waals surface area contributed by atoms with E-state index in [9.17, 15) is 14.4 Å². The molecule has 184 valence electrons. The van der Waals surface area contributed by atoms with Crippen LogP contribution in [0.4, 0.5) is 5.95 Å². The third kappa shape index (κ3) is 5.07. The van der Waals surface area contributed by atoms with E-state index in [-0.39, 0.29) is 17.8 Å². The molecule has 1 N–H and O–H groups in total. The molecule has 1 saturated carbocycles. The second kappa shape index (κ2) is 10.1. The van der Waals surface area contributed by atoms with Gasteiger partial charge >= 0.3 is 17.9 Å². The minimum atomic E-state index is -1.07. The number of rotatable bonds is 7. The Morgan fingerprint density at radius 2 is 1.76 bits per heavy atom. The van der Waals surface area contributed by atoms with Crippen LogP contribution in [0, 0.1) is 0 Å². The quantitative estimate of drug-likeness (QED) is 0.342. The van der Waals surface area contributed by atoms with Crippen molar-refractivity contribution in [2.75, 3.05) is 11.9 Å². The largest absolute Gasteiger partial charge is 0.463 e. The highest BCUT2D eigenvalue weighted by molar-refractivity contribution is 6.33. The molecule has 12 nitrogen and oxygen atoms in total. The average Bonchev–Trinajstić information content (AvgIpc) is 3.46. The second-order valence-corrected chi connectivity index (χ2v) is 8.64. The van der Waals surface area contributed by atoms with Gasteiger partial charge in [-0.1, -0.05) is 24.4 Å². The number of aromatic nitrogens is 4. The molecule has 0 aromatic carbocycles. The number of carbonyl (C=O) groups is 3. The number of nitrogens with one attached hydrogen (secondary N) is 1. The SMILES string of the molecule is CC(=O)OC[C@H]1O[C@@H](n2c(NC3CCCC3)nc3c(Cl)ncnc32)[C@H](OC(C)=O)[C@@H]1OC(C)=O. The zero-order valence-corrected chi connectivity index (χ0v) is 19.8. The molecule has 2 aromatic rings. The maximum absolute atomic E-state index is 12.0. The molecular formula is C21H26ClN5O7. The van der Waals surface area contributed by atoms with Crippen LogP contribution in [0.3, 0.4) is 0 Å². The predicted octanol–water partition coefficient (Wildman–Crippen LogP) is 2.16. The first-order valence-electron chi connectivity index (χ1n) is 11.0. The lowest BCUT2D eigenvalue weighted by Crippen LogP contribution is -2.40. The Kier molecular flexibility index (Phi) is 7.17. The number of ether oxygens (including phenoxy) is 4. The van der Waals surface area contributed by atoms with Crippen molar-refractivity contribution >= 4 is 46.6 Å². The summed E-state index contributed by atoms with van der Waals surface area (Å²) in [7, 11) is 0. The molecule has 3 heterocycles. The first-order valence-corrected chi connectivity index (χ1v) is 11.4. The Balaban J connectivity index is 1.79. The van der Waals surface area contributed by atoms with Crippen molar-refractivity contribution in [3.63, 3.8) is 0 Å². The van der Waals surface area contributed by atoms with E-state index in [2.05, 4.69) is 20.3 Å². The number of nitrogens with zero attached hydrogens (tertiary/aromatic N) is 4. The van der Waals surface area contributed by atoms with Gasteiger partial charge in [-0.05, 0) is 12.8 Å². The summed E-state index contributed by atoms with van der Waals surface area (Å²) in [5.74, 6) is -1.34. The number of fused-ring (bicyclic) bond motifs is 1. The van der Waals surface area contributed by atoms with Gasteiger partial charge in [0, 0.05) is 26.8 Å². The fourth-order valence-corrected chi connectivity index (χ4v) is 4.55. The average molecular weight is 496 g/mol. The third-order valence-corrected chi connectivity index (χ3v) is 5.99. The third-order valence-electron chi connectivity index (χ3n) is 5.72. The summed E-state index contributed by atoms with van der Waals surface area (Å²) >= 11 is 6.29. The molecule has 1 aliphatic heterocycles. The van der Waals surface area contributed by atoms with Crippen LogP contribution in [0.1, 0.15) is 52.7 Å². The Morgan fingerprint density at radius 1 is 1.09 bits per heavy atom. The summed E-state index contributed by atoms with van der Waals surface area (Å²) < 4.78 is 24.0. The number of esters is 3. The number of hydrogen-bond donors (Lipinski definition) is 1. The zero-order chi connectivity index (χ0) is 24.4. The number of halogens is 1. The van der Waals surface area contributed by atoms with Gasteiger partial charge in [0.05, 0.1) is 0 Å². The molecule has 0 unspecified atom stereocenters. The van der Waals surface area contributed by atoms with Crippen LogP contribution in [-0.4, -0.2) is 68.4 Å². The highest BCUT2D eigenvalue weighted by Crippen LogP contribution is 2.39. The van der Waals surface area contributed by atoms with Crippen LogP contribution in [0.5, 0.6) is 0 Å². The van der Waals surface area contributed by atoms with Crippen molar-refractivity contribution in [2.45, 2.75) is 77.0 Å². The van der Waals surface area contributed by atoms with Crippen molar-refractivity contribution in [1.82, 2.24) is 19.5 Å². The molecule has 34 heavy (non-hydrogen) atoms. The van der Waals surface area contributed by atoms with Crippen molar-refractivity contribution < 1.29 is 33.3 Å². The Morgan fingerprint density at radius 3 is 2.41 bits per heavy atom. The normalized spacial score (nSPS) is 24.8. The van der Waals surface area contributed by atoms with E-state index >= 15 is 0 Å². The zero-order valence-electron chi connectivity index (χ0n) is 19.0. The van der Waals surface area contributed by atoms with Crippen molar-refractivity contribution in [3.8, 4) is 0 Å².